The van der Waals surface area contributed by atoms with E-state index in [4.69, 9.17) is 15.0 Å². The van der Waals surface area contributed by atoms with E-state index in [9.17, 15) is 15.0 Å². The van der Waals surface area contributed by atoms with Gasteiger partial charge in [-0.3, -0.25) is 0 Å². The predicted molar refractivity (Wildman–Crippen MR) is 211 cm³/mol. The molecule has 0 bridgehead atoms. The van der Waals surface area contributed by atoms with Gasteiger partial charge in [0, 0.05) is 0 Å². The van der Waals surface area contributed by atoms with Crippen molar-refractivity contribution in [3.8, 4) is 0 Å². The highest BCUT2D eigenvalue weighted by Crippen LogP contribution is 2.36. The summed E-state index contributed by atoms with van der Waals surface area (Å²) in [5.74, 6) is -0.819. The second-order valence-electron chi connectivity index (χ2n) is 13.7. The molecule has 48 heavy (non-hydrogen) atoms. The molecule has 8 heteroatoms. The molecule has 0 aliphatic carbocycles. The van der Waals surface area contributed by atoms with Gasteiger partial charge in [-0.15, -0.1) is 23.5 Å². The molecule has 0 radical (unpaired) electrons. The summed E-state index contributed by atoms with van der Waals surface area (Å²) in [4.78, 5) is 20.9. The van der Waals surface area contributed by atoms with Crippen LogP contribution < -0.4 is 0 Å². The number of rotatable bonds is 38. The van der Waals surface area contributed by atoms with Crippen LogP contribution >= 0.6 is 23.5 Å². The van der Waals surface area contributed by atoms with Crippen molar-refractivity contribution >= 4 is 35.5 Å². The minimum atomic E-state index is -1.68. The van der Waals surface area contributed by atoms with Crippen LogP contribution in [0.5, 0.6) is 0 Å². The summed E-state index contributed by atoms with van der Waals surface area (Å²) < 4.78 is -1.68. The Morgan fingerprint density at radius 2 is 0.604 bits per heavy atom. The van der Waals surface area contributed by atoms with E-state index in [1.54, 1.807) is 0 Å². The maximum Gasteiger partial charge on any atom is 0.357 e. The Bertz CT molecular complexity index is 626. The third kappa shape index (κ3) is 40.0. The molecule has 0 heterocycles. The largest absolute Gasteiger partial charge is 0.480 e. The minimum absolute atomic E-state index is 0.729. The molecule has 0 aliphatic rings. The number of aliphatic carboxylic acids is 2. The fourth-order valence-corrected chi connectivity index (χ4v) is 8.22. The van der Waals surface area contributed by atoms with E-state index in [0.717, 1.165) is 37.2 Å². The standard InChI is InChI=1S/C38H76O3S2.C2H4O3/c1-3-5-7-9-11-13-15-17-19-21-23-25-27-29-31-33-35-42-38(41,37(39)40)43-36-34-32-30-28-26-24-22-20-18-16-14-12-10-8-6-4-2;3-1-2(4)5/h41H,3-36H2,1-2H3,(H,39,40);3H,1H2,(H,4,5). The van der Waals surface area contributed by atoms with Crippen molar-refractivity contribution in [2.45, 2.75) is 224 Å². The van der Waals surface area contributed by atoms with Gasteiger partial charge in [0.15, 0.2) is 0 Å². The van der Waals surface area contributed by atoms with Crippen molar-refractivity contribution in [1.29, 1.82) is 0 Å². The zero-order chi connectivity index (χ0) is 35.8. The number of hydrogen-bond donors (Lipinski definition) is 4. The van der Waals surface area contributed by atoms with E-state index in [2.05, 4.69) is 13.8 Å². The Morgan fingerprint density at radius 1 is 0.417 bits per heavy atom. The van der Waals surface area contributed by atoms with Gasteiger partial charge in [-0.1, -0.05) is 206 Å². The van der Waals surface area contributed by atoms with Crippen molar-refractivity contribution in [2.75, 3.05) is 18.1 Å². The molecule has 0 unspecified atom stereocenters. The lowest BCUT2D eigenvalue weighted by molar-refractivity contribution is -0.144. The fraction of sp³-hybridized carbons (Fsp3) is 0.950. The van der Waals surface area contributed by atoms with Gasteiger partial charge in [0.05, 0.1) is 0 Å². The number of hydrogen-bond acceptors (Lipinski definition) is 6. The zero-order valence-electron chi connectivity index (χ0n) is 31.7. The summed E-state index contributed by atoms with van der Waals surface area (Å²) in [6.45, 7) is 3.79. The molecule has 0 aromatic carbocycles. The highest BCUT2D eigenvalue weighted by molar-refractivity contribution is 8.19. The average molecular weight is 721 g/mol. The minimum Gasteiger partial charge on any atom is -0.480 e. The first-order chi connectivity index (χ1) is 23.3. The van der Waals surface area contributed by atoms with Crippen LogP contribution in [-0.2, 0) is 9.59 Å². The van der Waals surface area contributed by atoms with Gasteiger partial charge in [0.1, 0.15) is 6.61 Å². The number of aliphatic hydroxyl groups is 2. The molecule has 288 valence electrons. The number of carboxylic acid groups (broad SMARTS) is 2. The predicted octanol–water partition coefficient (Wildman–Crippen LogP) is 12.8. The van der Waals surface area contributed by atoms with Crippen LogP contribution in [0.1, 0.15) is 219 Å². The normalized spacial score (nSPS) is 11.4. The van der Waals surface area contributed by atoms with Crippen molar-refractivity contribution in [3.63, 3.8) is 0 Å². The van der Waals surface area contributed by atoms with Crippen LogP contribution in [0.25, 0.3) is 0 Å². The number of carboxylic acids is 2. The average Bonchev–Trinajstić information content (AvgIpc) is 3.07. The molecule has 0 saturated carbocycles. The molecule has 0 aliphatic heterocycles. The van der Waals surface area contributed by atoms with Crippen molar-refractivity contribution in [2.24, 2.45) is 0 Å². The van der Waals surface area contributed by atoms with Gasteiger partial charge in [0.2, 0.25) is 0 Å². The Labute approximate surface area is 306 Å². The Balaban J connectivity index is 0. The van der Waals surface area contributed by atoms with Crippen molar-refractivity contribution in [3.05, 3.63) is 0 Å². The third-order valence-electron chi connectivity index (χ3n) is 9.00. The summed E-state index contributed by atoms with van der Waals surface area (Å²) >= 11 is 2.45. The first-order valence-electron chi connectivity index (χ1n) is 20.4. The molecule has 0 aromatic rings. The van der Waals surface area contributed by atoms with Gasteiger partial charge < -0.3 is 20.4 Å². The third-order valence-corrected chi connectivity index (χ3v) is 11.8. The van der Waals surface area contributed by atoms with E-state index in [-0.39, 0.29) is 0 Å². The van der Waals surface area contributed by atoms with Gasteiger partial charge in [-0.25, -0.2) is 9.59 Å². The smallest absolute Gasteiger partial charge is 0.357 e. The highest BCUT2D eigenvalue weighted by Gasteiger charge is 2.36. The topological polar surface area (TPSA) is 115 Å². The van der Waals surface area contributed by atoms with Crippen LogP contribution in [0.4, 0.5) is 0 Å². The van der Waals surface area contributed by atoms with Gasteiger partial charge in [0.25, 0.3) is 4.27 Å². The molecular formula is C40H80O6S2. The lowest BCUT2D eigenvalue weighted by Gasteiger charge is -2.22. The monoisotopic (exact) mass is 721 g/mol. The summed E-state index contributed by atoms with van der Waals surface area (Å²) in [5.41, 5.74) is 0. The lowest BCUT2D eigenvalue weighted by Crippen LogP contribution is -2.31. The fourth-order valence-electron chi connectivity index (χ4n) is 5.89. The summed E-state index contributed by atoms with van der Waals surface area (Å²) in [6, 6.07) is 0. The number of aliphatic hydroxyl groups excluding tert-OH is 1. The number of thioether (sulfide) groups is 2. The molecule has 0 spiro atoms. The summed E-state index contributed by atoms with van der Waals surface area (Å²) in [5, 5.41) is 35.3. The molecule has 0 fully saturated rings. The SMILES string of the molecule is CCCCCCCCCCCCCCCCCCSC(O)(SCCCCCCCCCCCCCCCCCC)C(=O)O.O=C(O)CO. The van der Waals surface area contributed by atoms with E-state index in [1.165, 1.54) is 203 Å². The van der Waals surface area contributed by atoms with Gasteiger partial charge in [-0.05, 0) is 24.3 Å². The van der Waals surface area contributed by atoms with Crippen LogP contribution in [0.3, 0.4) is 0 Å². The maximum absolute atomic E-state index is 11.7. The second kappa shape index (κ2) is 41.0. The molecule has 0 aromatic heterocycles. The molecule has 0 atom stereocenters. The van der Waals surface area contributed by atoms with E-state index >= 15 is 0 Å². The molecule has 0 amide bonds. The summed E-state index contributed by atoms with van der Waals surface area (Å²) in [7, 11) is 0. The molecule has 0 saturated heterocycles. The van der Waals surface area contributed by atoms with E-state index in [0.29, 0.717) is 0 Å². The Kier molecular flexibility index (Phi) is 42.4. The lowest BCUT2D eigenvalue weighted by atomic mass is 10.0. The van der Waals surface area contributed by atoms with E-state index < -0.39 is 22.8 Å². The highest BCUT2D eigenvalue weighted by atomic mass is 32.2. The van der Waals surface area contributed by atoms with Crippen molar-refractivity contribution in [1.82, 2.24) is 0 Å². The van der Waals surface area contributed by atoms with Crippen LogP contribution in [0.2, 0.25) is 0 Å². The quantitative estimate of drug-likeness (QED) is 0.0368. The first-order valence-corrected chi connectivity index (χ1v) is 22.4. The second-order valence-corrected chi connectivity index (χ2v) is 16.6. The molecule has 4 N–H and O–H groups in total. The zero-order valence-corrected chi connectivity index (χ0v) is 33.3. The summed E-state index contributed by atoms with van der Waals surface area (Å²) in [6.07, 6.45) is 42.9. The first kappa shape index (κ1) is 49.7. The van der Waals surface area contributed by atoms with E-state index in [1.807, 2.05) is 0 Å². The molecular weight excluding hydrogens is 641 g/mol. The van der Waals surface area contributed by atoms with Crippen LogP contribution in [0, 0.1) is 0 Å². The molecule has 6 nitrogen and oxygen atoms in total. The van der Waals surface area contributed by atoms with Crippen LogP contribution in [-0.4, -0.2) is 54.7 Å². The Morgan fingerprint density at radius 3 is 0.771 bits per heavy atom. The molecule has 0 rings (SSSR count). The number of unbranched alkanes of at least 4 members (excludes halogenated alkanes) is 30. The maximum atomic E-state index is 11.7. The number of carbonyl (C=O) groups is 2. The van der Waals surface area contributed by atoms with Gasteiger partial charge >= 0.3 is 11.9 Å². The van der Waals surface area contributed by atoms with Crippen LogP contribution in [0.15, 0.2) is 0 Å². The Hall–Kier alpha value is -0.440. The van der Waals surface area contributed by atoms with Crippen molar-refractivity contribution < 1.29 is 30.0 Å². The van der Waals surface area contributed by atoms with Gasteiger partial charge in [-0.2, -0.15) is 0 Å².